The lowest BCUT2D eigenvalue weighted by Crippen LogP contribution is -2.31. The van der Waals surface area contributed by atoms with Gasteiger partial charge in [0.1, 0.15) is 5.82 Å². The van der Waals surface area contributed by atoms with Crippen molar-refractivity contribution < 1.29 is 0 Å². The molecule has 0 amide bonds. The summed E-state index contributed by atoms with van der Waals surface area (Å²) >= 11 is 6.03. The molecule has 2 aromatic rings. The van der Waals surface area contributed by atoms with Crippen LogP contribution in [0.15, 0.2) is 12.4 Å². The number of nitrogens with one attached hydrogen (secondary N) is 1. The summed E-state index contributed by atoms with van der Waals surface area (Å²) in [6, 6.07) is 0. The molecule has 0 radical (unpaired) electrons. The molecule has 0 bridgehead atoms. The molecule has 1 N–H and O–H groups in total. The maximum Gasteiger partial charge on any atom is 0.125 e. The molecular weight excluding hydrogens is 250 g/mol. The van der Waals surface area contributed by atoms with Crippen LogP contribution in [0.1, 0.15) is 22.8 Å². The van der Waals surface area contributed by atoms with Crippen molar-refractivity contribution in [2.24, 2.45) is 0 Å². The van der Waals surface area contributed by atoms with Gasteiger partial charge < -0.3 is 0 Å². The van der Waals surface area contributed by atoms with Crippen LogP contribution in [-0.2, 0) is 19.5 Å². The van der Waals surface area contributed by atoms with Gasteiger partial charge in [0, 0.05) is 43.5 Å². The van der Waals surface area contributed by atoms with Crippen molar-refractivity contribution in [3.63, 3.8) is 0 Å². The zero-order valence-electron chi connectivity index (χ0n) is 10.1. The SMILES string of the molecule is Cc1ncc2c(n1)CCN(Cc1[nH]ncc1Cl)C2. The van der Waals surface area contributed by atoms with Crippen molar-refractivity contribution in [1.82, 2.24) is 25.1 Å². The highest BCUT2D eigenvalue weighted by molar-refractivity contribution is 6.31. The largest absolute Gasteiger partial charge is 0.293 e. The Kier molecular flexibility index (Phi) is 3.01. The van der Waals surface area contributed by atoms with E-state index in [1.54, 1.807) is 6.20 Å². The number of fused-ring (bicyclic) bond motifs is 1. The minimum atomic E-state index is 0.695. The van der Waals surface area contributed by atoms with Crippen LogP contribution in [-0.4, -0.2) is 31.6 Å². The molecule has 0 aromatic carbocycles. The molecule has 18 heavy (non-hydrogen) atoms. The Hall–Kier alpha value is -1.46. The van der Waals surface area contributed by atoms with E-state index in [2.05, 4.69) is 25.1 Å². The molecule has 3 rings (SSSR count). The fraction of sp³-hybridized carbons (Fsp3) is 0.417. The normalized spacial score (nSPS) is 15.7. The number of hydrogen-bond donors (Lipinski definition) is 1. The lowest BCUT2D eigenvalue weighted by atomic mass is 10.1. The number of nitrogens with zero attached hydrogens (tertiary/aromatic N) is 4. The summed E-state index contributed by atoms with van der Waals surface area (Å²) in [4.78, 5) is 11.1. The number of aryl methyl sites for hydroxylation is 1. The predicted molar refractivity (Wildman–Crippen MR) is 68.2 cm³/mol. The third-order valence-electron chi connectivity index (χ3n) is 3.18. The molecule has 0 aliphatic carbocycles. The van der Waals surface area contributed by atoms with Crippen molar-refractivity contribution in [3.8, 4) is 0 Å². The summed E-state index contributed by atoms with van der Waals surface area (Å²) < 4.78 is 0. The van der Waals surface area contributed by atoms with Crippen LogP contribution in [0.3, 0.4) is 0 Å². The summed E-state index contributed by atoms with van der Waals surface area (Å²) in [7, 11) is 0. The first kappa shape index (κ1) is 11.6. The van der Waals surface area contributed by atoms with Crippen molar-refractivity contribution in [1.29, 1.82) is 0 Å². The number of aromatic nitrogens is 4. The van der Waals surface area contributed by atoms with Crippen LogP contribution < -0.4 is 0 Å². The van der Waals surface area contributed by atoms with E-state index in [9.17, 15) is 0 Å². The van der Waals surface area contributed by atoms with Crippen molar-refractivity contribution in [2.45, 2.75) is 26.4 Å². The molecule has 1 aliphatic rings. The van der Waals surface area contributed by atoms with Gasteiger partial charge >= 0.3 is 0 Å². The third-order valence-corrected chi connectivity index (χ3v) is 3.51. The number of hydrogen-bond acceptors (Lipinski definition) is 4. The van der Waals surface area contributed by atoms with E-state index >= 15 is 0 Å². The molecule has 94 valence electrons. The first-order valence-corrected chi connectivity index (χ1v) is 6.31. The van der Waals surface area contributed by atoms with E-state index in [-0.39, 0.29) is 0 Å². The Morgan fingerprint density at radius 1 is 1.44 bits per heavy atom. The maximum atomic E-state index is 6.03. The third kappa shape index (κ3) is 2.23. The molecule has 0 atom stereocenters. The number of halogens is 1. The molecule has 0 saturated carbocycles. The lowest BCUT2D eigenvalue weighted by Gasteiger charge is -2.27. The highest BCUT2D eigenvalue weighted by atomic mass is 35.5. The molecule has 0 saturated heterocycles. The maximum absolute atomic E-state index is 6.03. The Balaban J connectivity index is 1.75. The van der Waals surface area contributed by atoms with Gasteiger partial charge in [0.2, 0.25) is 0 Å². The zero-order valence-corrected chi connectivity index (χ0v) is 10.9. The highest BCUT2D eigenvalue weighted by Crippen LogP contribution is 2.20. The van der Waals surface area contributed by atoms with Gasteiger partial charge in [0.25, 0.3) is 0 Å². The molecule has 6 heteroatoms. The van der Waals surface area contributed by atoms with Gasteiger partial charge in [-0.3, -0.25) is 10.00 Å². The number of H-pyrrole nitrogens is 1. The Morgan fingerprint density at radius 3 is 3.11 bits per heavy atom. The lowest BCUT2D eigenvalue weighted by molar-refractivity contribution is 0.240. The van der Waals surface area contributed by atoms with E-state index in [4.69, 9.17) is 11.6 Å². The molecule has 0 spiro atoms. The first-order valence-electron chi connectivity index (χ1n) is 5.94. The van der Waals surface area contributed by atoms with Crippen molar-refractivity contribution in [2.75, 3.05) is 6.54 Å². The van der Waals surface area contributed by atoms with Gasteiger partial charge in [-0.1, -0.05) is 11.6 Å². The Morgan fingerprint density at radius 2 is 2.33 bits per heavy atom. The summed E-state index contributed by atoms with van der Waals surface area (Å²) in [5, 5.41) is 7.56. The van der Waals surface area contributed by atoms with E-state index in [0.717, 1.165) is 37.6 Å². The summed E-state index contributed by atoms with van der Waals surface area (Å²) in [6.45, 7) is 4.56. The van der Waals surface area contributed by atoms with Crippen LogP contribution in [0.2, 0.25) is 5.02 Å². The minimum absolute atomic E-state index is 0.695. The second-order valence-electron chi connectivity index (χ2n) is 4.55. The monoisotopic (exact) mass is 263 g/mol. The Labute approximate surface area is 110 Å². The summed E-state index contributed by atoms with van der Waals surface area (Å²) in [6.07, 6.45) is 4.53. The van der Waals surface area contributed by atoms with Crippen molar-refractivity contribution >= 4 is 11.6 Å². The summed E-state index contributed by atoms with van der Waals surface area (Å²) in [5.74, 6) is 0.846. The van der Waals surface area contributed by atoms with Crippen LogP contribution in [0.4, 0.5) is 0 Å². The zero-order chi connectivity index (χ0) is 12.5. The molecule has 2 aromatic heterocycles. The smallest absolute Gasteiger partial charge is 0.125 e. The van der Waals surface area contributed by atoms with Gasteiger partial charge in [-0.05, 0) is 6.92 Å². The molecule has 1 aliphatic heterocycles. The van der Waals surface area contributed by atoms with Crippen LogP contribution in [0.25, 0.3) is 0 Å². The molecule has 0 unspecified atom stereocenters. The minimum Gasteiger partial charge on any atom is -0.293 e. The van der Waals surface area contributed by atoms with Crippen LogP contribution in [0, 0.1) is 6.92 Å². The second kappa shape index (κ2) is 4.66. The topological polar surface area (TPSA) is 57.7 Å². The molecule has 3 heterocycles. The van der Waals surface area contributed by atoms with E-state index in [1.807, 2.05) is 13.1 Å². The average molecular weight is 264 g/mol. The second-order valence-corrected chi connectivity index (χ2v) is 4.95. The van der Waals surface area contributed by atoms with E-state index in [0.29, 0.717) is 5.02 Å². The van der Waals surface area contributed by atoms with Gasteiger partial charge in [0.15, 0.2) is 0 Å². The van der Waals surface area contributed by atoms with Crippen LogP contribution in [0.5, 0.6) is 0 Å². The molecule has 5 nitrogen and oxygen atoms in total. The Bertz CT molecular complexity index is 565. The van der Waals surface area contributed by atoms with E-state index in [1.165, 1.54) is 11.3 Å². The number of rotatable bonds is 2. The van der Waals surface area contributed by atoms with Gasteiger partial charge in [-0.15, -0.1) is 0 Å². The molecular formula is C12H14ClN5. The first-order chi connectivity index (χ1) is 8.72. The number of aromatic amines is 1. The van der Waals surface area contributed by atoms with E-state index < -0.39 is 0 Å². The fourth-order valence-electron chi connectivity index (χ4n) is 2.24. The van der Waals surface area contributed by atoms with Gasteiger partial charge in [-0.25, -0.2) is 9.97 Å². The quantitative estimate of drug-likeness (QED) is 0.896. The van der Waals surface area contributed by atoms with Gasteiger partial charge in [0.05, 0.1) is 16.9 Å². The van der Waals surface area contributed by atoms with Crippen molar-refractivity contribution in [3.05, 3.63) is 40.2 Å². The standard InChI is InChI=1S/C12H14ClN5/c1-8-14-4-9-6-18(3-2-11(9)16-8)7-12-10(13)5-15-17-12/h4-5H,2-3,6-7H2,1H3,(H,15,17). The molecule has 0 fully saturated rings. The predicted octanol–water partition coefficient (Wildman–Crippen LogP) is 1.72. The van der Waals surface area contributed by atoms with Crippen LogP contribution >= 0.6 is 11.6 Å². The highest BCUT2D eigenvalue weighted by Gasteiger charge is 2.19. The fourth-order valence-corrected chi connectivity index (χ4v) is 2.39. The van der Waals surface area contributed by atoms with Gasteiger partial charge in [-0.2, -0.15) is 5.10 Å². The average Bonchev–Trinajstić information content (AvgIpc) is 2.75. The summed E-state index contributed by atoms with van der Waals surface area (Å²) in [5.41, 5.74) is 3.35.